The second-order valence-corrected chi connectivity index (χ2v) is 4.64. The lowest BCUT2D eigenvalue weighted by molar-refractivity contribution is 0.179. The van der Waals surface area contributed by atoms with Gasteiger partial charge in [-0.1, -0.05) is 0 Å². The highest BCUT2D eigenvalue weighted by molar-refractivity contribution is 14.0. The normalized spacial score (nSPS) is 12.8. The van der Waals surface area contributed by atoms with E-state index in [4.69, 9.17) is 10.5 Å². The van der Waals surface area contributed by atoms with Crippen molar-refractivity contribution in [2.75, 3.05) is 20.3 Å². The maximum Gasteiger partial charge on any atom is 0.188 e. The fraction of sp³-hybridized carbons (Fsp3) is 0.692. The number of nitrogens with zero attached hydrogens (tertiary/aromatic N) is 3. The molecule has 0 amide bonds. The van der Waals surface area contributed by atoms with E-state index in [-0.39, 0.29) is 30.0 Å². The molecule has 6 nitrogen and oxygen atoms in total. The molecule has 0 bridgehead atoms. The summed E-state index contributed by atoms with van der Waals surface area (Å²) in [5.41, 5.74) is 5.77. The van der Waals surface area contributed by atoms with Gasteiger partial charge in [-0.3, -0.25) is 4.99 Å². The summed E-state index contributed by atoms with van der Waals surface area (Å²) in [7, 11) is 1.67. The van der Waals surface area contributed by atoms with E-state index in [1.165, 1.54) is 0 Å². The zero-order valence-corrected chi connectivity index (χ0v) is 14.8. The predicted molar refractivity (Wildman–Crippen MR) is 92.6 cm³/mol. The van der Waals surface area contributed by atoms with E-state index >= 15 is 0 Å². The summed E-state index contributed by atoms with van der Waals surface area (Å²) in [5, 5.41) is 3.08. The van der Waals surface area contributed by atoms with Gasteiger partial charge in [0.25, 0.3) is 0 Å². The number of imidazole rings is 1. The molecule has 1 aromatic heterocycles. The van der Waals surface area contributed by atoms with Gasteiger partial charge in [0.15, 0.2) is 5.96 Å². The Bertz CT molecular complexity index is 394. The minimum Gasteiger partial charge on any atom is -0.383 e. The van der Waals surface area contributed by atoms with E-state index in [0.29, 0.717) is 12.6 Å². The van der Waals surface area contributed by atoms with Crippen LogP contribution < -0.4 is 11.1 Å². The molecule has 0 radical (unpaired) electrons. The molecule has 1 atom stereocenters. The van der Waals surface area contributed by atoms with Gasteiger partial charge in [-0.05, 0) is 26.7 Å². The highest BCUT2D eigenvalue weighted by atomic mass is 127. The Morgan fingerprint density at radius 1 is 1.55 bits per heavy atom. The third kappa shape index (κ3) is 7.68. The standard InChI is InChI=1S/C13H25N5O.HI/c1-11(10-19-3)17-13(14)16-6-4-5-8-18-9-7-15-12(18)2;/h7,9,11H,4-6,8,10H2,1-3H3,(H3,14,16,17);1H. The first kappa shape index (κ1) is 19.2. The molecule has 1 unspecified atom stereocenters. The molecule has 0 saturated carbocycles. The first-order valence-electron chi connectivity index (χ1n) is 6.66. The first-order chi connectivity index (χ1) is 9.13. The van der Waals surface area contributed by atoms with Crippen LogP contribution in [0, 0.1) is 6.92 Å². The number of nitrogens with two attached hydrogens (primary N) is 1. The van der Waals surface area contributed by atoms with Crippen LogP contribution in [0.3, 0.4) is 0 Å². The van der Waals surface area contributed by atoms with Gasteiger partial charge in [0.05, 0.1) is 6.61 Å². The zero-order chi connectivity index (χ0) is 14.1. The van der Waals surface area contributed by atoms with Crippen molar-refractivity contribution in [1.82, 2.24) is 14.9 Å². The van der Waals surface area contributed by atoms with Gasteiger partial charge in [0, 0.05) is 38.6 Å². The van der Waals surface area contributed by atoms with Crippen molar-refractivity contribution >= 4 is 29.9 Å². The number of methoxy groups -OCH3 is 1. The number of halogens is 1. The lowest BCUT2D eigenvalue weighted by atomic mass is 10.3. The monoisotopic (exact) mass is 395 g/mol. The number of aryl methyl sites for hydroxylation is 2. The van der Waals surface area contributed by atoms with Crippen molar-refractivity contribution in [1.29, 1.82) is 0 Å². The SMILES string of the molecule is COCC(C)NC(N)=NCCCCn1ccnc1C.I. The van der Waals surface area contributed by atoms with Crippen molar-refractivity contribution in [3.8, 4) is 0 Å². The molecule has 0 spiro atoms. The topological polar surface area (TPSA) is 77.5 Å². The van der Waals surface area contributed by atoms with Gasteiger partial charge in [-0.25, -0.2) is 4.98 Å². The molecule has 1 aromatic rings. The average Bonchev–Trinajstić information content (AvgIpc) is 2.75. The molecular weight excluding hydrogens is 369 g/mol. The van der Waals surface area contributed by atoms with Crippen LogP contribution in [-0.2, 0) is 11.3 Å². The fourth-order valence-electron chi connectivity index (χ4n) is 1.82. The molecule has 3 N–H and O–H groups in total. The maximum absolute atomic E-state index is 5.77. The average molecular weight is 395 g/mol. The Kier molecular flexibility index (Phi) is 10.4. The van der Waals surface area contributed by atoms with Gasteiger partial charge in [0.1, 0.15) is 5.82 Å². The predicted octanol–water partition coefficient (Wildman–Crippen LogP) is 1.53. The summed E-state index contributed by atoms with van der Waals surface area (Å²) in [5.74, 6) is 1.54. The van der Waals surface area contributed by atoms with Gasteiger partial charge in [0.2, 0.25) is 0 Å². The zero-order valence-electron chi connectivity index (χ0n) is 12.5. The lowest BCUT2D eigenvalue weighted by Gasteiger charge is -2.13. The number of aromatic nitrogens is 2. The van der Waals surface area contributed by atoms with Crippen LogP contribution in [0.1, 0.15) is 25.6 Å². The van der Waals surface area contributed by atoms with Crippen molar-refractivity contribution in [2.45, 2.75) is 39.3 Å². The van der Waals surface area contributed by atoms with Crippen LogP contribution in [0.15, 0.2) is 17.4 Å². The summed E-state index contributed by atoms with van der Waals surface area (Å²) in [4.78, 5) is 8.48. The molecule has 7 heteroatoms. The fourth-order valence-corrected chi connectivity index (χ4v) is 1.82. The van der Waals surface area contributed by atoms with Crippen LogP contribution in [0.2, 0.25) is 0 Å². The van der Waals surface area contributed by atoms with E-state index in [1.807, 2.05) is 26.2 Å². The summed E-state index contributed by atoms with van der Waals surface area (Å²) >= 11 is 0. The van der Waals surface area contributed by atoms with E-state index < -0.39 is 0 Å². The molecule has 20 heavy (non-hydrogen) atoms. The highest BCUT2D eigenvalue weighted by Crippen LogP contribution is 1.99. The molecule has 0 aliphatic carbocycles. The number of hydrogen-bond donors (Lipinski definition) is 2. The highest BCUT2D eigenvalue weighted by Gasteiger charge is 2.01. The van der Waals surface area contributed by atoms with Crippen LogP contribution in [0.4, 0.5) is 0 Å². The first-order valence-corrected chi connectivity index (χ1v) is 6.66. The Labute approximate surface area is 138 Å². The number of ether oxygens (including phenoxy) is 1. The van der Waals surface area contributed by atoms with Gasteiger partial charge in [-0.2, -0.15) is 0 Å². The molecule has 0 aromatic carbocycles. The summed E-state index contributed by atoms with van der Waals surface area (Å²) < 4.78 is 7.16. The van der Waals surface area contributed by atoms with Crippen molar-refractivity contribution in [2.24, 2.45) is 10.7 Å². The van der Waals surface area contributed by atoms with E-state index in [2.05, 4.69) is 19.9 Å². The number of unbranched alkanes of at least 4 members (excludes halogenated alkanes) is 1. The number of guanidine groups is 1. The molecular formula is C13H26IN5O. The number of aliphatic imine (C=N–C) groups is 1. The molecule has 116 valence electrons. The van der Waals surface area contributed by atoms with Crippen LogP contribution in [0.5, 0.6) is 0 Å². The minimum atomic E-state index is 0. The number of rotatable bonds is 8. The maximum atomic E-state index is 5.77. The molecule has 0 aliphatic rings. The van der Waals surface area contributed by atoms with Crippen LogP contribution >= 0.6 is 24.0 Å². The van der Waals surface area contributed by atoms with Gasteiger partial charge in [-0.15, -0.1) is 24.0 Å². The molecule has 0 saturated heterocycles. The van der Waals surface area contributed by atoms with E-state index in [9.17, 15) is 0 Å². The molecule has 1 heterocycles. The van der Waals surface area contributed by atoms with Gasteiger partial charge >= 0.3 is 0 Å². The largest absolute Gasteiger partial charge is 0.383 e. The summed E-state index contributed by atoms with van der Waals surface area (Å²) in [6.07, 6.45) is 5.91. The Morgan fingerprint density at radius 3 is 2.90 bits per heavy atom. The number of nitrogens with one attached hydrogen (secondary N) is 1. The Balaban J connectivity index is 0.00000361. The third-order valence-electron chi connectivity index (χ3n) is 2.82. The van der Waals surface area contributed by atoms with Crippen LogP contribution in [0.25, 0.3) is 0 Å². The molecule has 1 rings (SSSR count). The van der Waals surface area contributed by atoms with Crippen molar-refractivity contribution < 1.29 is 4.74 Å². The van der Waals surface area contributed by atoms with E-state index in [1.54, 1.807) is 7.11 Å². The third-order valence-corrected chi connectivity index (χ3v) is 2.82. The second kappa shape index (κ2) is 10.9. The summed E-state index contributed by atoms with van der Waals surface area (Å²) in [6, 6.07) is 0.183. The lowest BCUT2D eigenvalue weighted by Crippen LogP contribution is -2.40. The van der Waals surface area contributed by atoms with Crippen molar-refractivity contribution in [3.05, 3.63) is 18.2 Å². The van der Waals surface area contributed by atoms with E-state index in [0.717, 1.165) is 31.8 Å². The molecule has 0 aliphatic heterocycles. The van der Waals surface area contributed by atoms with Gasteiger partial charge < -0.3 is 20.4 Å². The minimum absolute atomic E-state index is 0. The van der Waals surface area contributed by atoms with Crippen molar-refractivity contribution in [3.63, 3.8) is 0 Å². The summed E-state index contributed by atoms with van der Waals surface area (Å²) in [6.45, 7) is 6.36. The Hall–Kier alpha value is -0.830. The Morgan fingerprint density at radius 2 is 2.30 bits per heavy atom. The molecule has 0 fully saturated rings. The quantitative estimate of drug-likeness (QED) is 0.303. The van der Waals surface area contributed by atoms with Crippen LogP contribution in [-0.4, -0.2) is 41.8 Å². The smallest absolute Gasteiger partial charge is 0.188 e. The number of hydrogen-bond acceptors (Lipinski definition) is 3. The second-order valence-electron chi connectivity index (χ2n) is 4.64.